The summed E-state index contributed by atoms with van der Waals surface area (Å²) >= 11 is 0. The number of aromatic nitrogens is 2. The average molecular weight is 275 g/mol. The molecule has 0 aliphatic heterocycles. The molecule has 0 unspecified atom stereocenters. The summed E-state index contributed by atoms with van der Waals surface area (Å²) in [5, 5.41) is 7.52. The Balaban J connectivity index is 2.13. The Bertz CT molecular complexity index is 620. The molecule has 3 N–H and O–H groups in total. The minimum atomic E-state index is -0.384. The van der Waals surface area contributed by atoms with Crippen molar-refractivity contribution in [1.29, 1.82) is 5.41 Å². The van der Waals surface area contributed by atoms with Crippen molar-refractivity contribution in [3.63, 3.8) is 0 Å². The maximum Gasteiger partial charge on any atom is 0.123 e. The Labute approximate surface area is 117 Å². The second-order valence-electron chi connectivity index (χ2n) is 4.84. The molecule has 5 nitrogen and oxygen atoms in total. The van der Waals surface area contributed by atoms with Crippen LogP contribution in [0.4, 0.5) is 4.39 Å². The second kappa shape index (κ2) is 5.83. The van der Waals surface area contributed by atoms with Crippen LogP contribution >= 0.6 is 0 Å². The average Bonchev–Trinajstić information content (AvgIpc) is 2.77. The normalized spacial score (nSPS) is 11.0. The Morgan fingerprint density at radius 2 is 2.20 bits per heavy atom. The van der Waals surface area contributed by atoms with E-state index < -0.39 is 0 Å². The molecule has 2 aromatic rings. The number of nitrogen functional groups attached to an aromatic ring is 1. The van der Waals surface area contributed by atoms with E-state index in [1.165, 1.54) is 12.1 Å². The van der Waals surface area contributed by atoms with Crippen molar-refractivity contribution in [2.24, 2.45) is 12.8 Å². The predicted molar refractivity (Wildman–Crippen MR) is 75.8 cm³/mol. The van der Waals surface area contributed by atoms with Crippen LogP contribution in [0.25, 0.3) is 0 Å². The van der Waals surface area contributed by atoms with Gasteiger partial charge in [-0.05, 0) is 24.7 Å². The van der Waals surface area contributed by atoms with Crippen LogP contribution in [0, 0.1) is 11.2 Å². The van der Waals surface area contributed by atoms with Crippen molar-refractivity contribution >= 4 is 5.84 Å². The number of benzene rings is 1. The zero-order valence-electron chi connectivity index (χ0n) is 11.6. The van der Waals surface area contributed by atoms with Crippen LogP contribution in [0.3, 0.4) is 0 Å². The van der Waals surface area contributed by atoms with Gasteiger partial charge in [-0.25, -0.2) is 9.37 Å². The molecular weight excluding hydrogens is 257 g/mol. The van der Waals surface area contributed by atoms with Gasteiger partial charge in [0.15, 0.2) is 0 Å². The fraction of sp³-hybridized carbons (Fsp3) is 0.286. The number of nitrogens with zero attached hydrogens (tertiary/aromatic N) is 3. The predicted octanol–water partition coefficient (Wildman–Crippen LogP) is 1.48. The van der Waals surface area contributed by atoms with Crippen molar-refractivity contribution in [3.8, 4) is 0 Å². The van der Waals surface area contributed by atoms with E-state index in [1.54, 1.807) is 12.3 Å². The molecule has 1 heterocycles. The zero-order valence-corrected chi connectivity index (χ0v) is 11.6. The third-order valence-corrected chi connectivity index (χ3v) is 3.13. The van der Waals surface area contributed by atoms with Crippen molar-refractivity contribution in [1.82, 2.24) is 14.5 Å². The van der Waals surface area contributed by atoms with Crippen molar-refractivity contribution in [2.75, 3.05) is 7.05 Å². The summed E-state index contributed by atoms with van der Waals surface area (Å²) in [7, 11) is 3.89. The van der Waals surface area contributed by atoms with E-state index in [4.69, 9.17) is 11.1 Å². The molecule has 0 bridgehead atoms. The lowest BCUT2D eigenvalue weighted by molar-refractivity contribution is 0.307. The monoisotopic (exact) mass is 275 g/mol. The van der Waals surface area contributed by atoms with Crippen LogP contribution in [0.1, 0.15) is 17.0 Å². The lowest BCUT2D eigenvalue weighted by atomic mass is 10.1. The summed E-state index contributed by atoms with van der Waals surface area (Å²) in [6.07, 6.45) is 3.64. The fourth-order valence-electron chi connectivity index (χ4n) is 2.07. The quantitative estimate of drug-likeness (QED) is 0.641. The van der Waals surface area contributed by atoms with Gasteiger partial charge in [0.1, 0.15) is 17.5 Å². The van der Waals surface area contributed by atoms with Crippen LogP contribution in [0.2, 0.25) is 0 Å². The van der Waals surface area contributed by atoms with Gasteiger partial charge in [0.05, 0.1) is 6.54 Å². The van der Waals surface area contributed by atoms with Gasteiger partial charge in [-0.2, -0.15) is 0 Å². The van der Waals surface area contributed by atoms with Crippen LogP contribution in [0.15, 0.2) is 30.6 Å². The minimum Gasteiger partial charge on any atom is -0.384 e. The number of hydrogen-bond donors (Lipinski definition) is 2. The Hall–Kier alpha value is -2.21. The third-order valence-electron chi connectivity index (χ3n) is 3.13. The van der Waals surface area contributed by atoms with Crippen LogP contribution in [-0.2, 0) is 20.1 Å². The second-order valence-corrected chi connectivity index (χ2v) is 4.84. The molecule has 1 aromatic carbocycles. The molecule has 106 valence electrons. The highest BCUT2D eigenvalue weighted by molar-refractivity contribution is 5.96. The molecule has 0 atom stereocenters. The van der Waals surface area contributed by atoms with Crippen molar-refractivity contribution < 1.29 is 4.39 Å². The van der Waals surface area contributed by atoms with Crippen LogP contribution < -0.4 is 5.73 Å². The zero-order chi connectivity index (χ0) is 14.7. The van der Waals surface area contributed by atoms with E-state index in [2.05, 4.69) is 4.98 Å². The summed E-state index contributed by atoms with van der Waals surface area (Å²) in [5.41, 5.74) is 6.77. The van der Waals surface area contributed by atoms with Gasteiger partial charge in [-0.15, -0.1) is 0 Å². The Kier molecular flexibility index (Phi) is 4.14. The van der Waals surface area contributed by atoms with Crippen molar-refractivity contribution in [2.45, 2.75) is 13.1 Å². The van der Waals surface area contributed by atoms with E-state index in [0.29, 0.717) is 18.7 Å². The number of rotatable bonds is 5. The molecule has 0 aliphatic rings. The highest BCUT2D eigenvalue weighted by atomic mass is 19.1. The van der Waals surface area contributed by atoms with E-state index >= 15 is 0 Å². The summed E-state index contributed by atoms with van der Waals surface area (Å²) in [6, 6.07) is 4.35. The molecule has 20 heavy (non-hydrogen) atoms. The number of aryl methyl sites for hydroxylation is 1. The van der Waals surface area contributed by atoms with Gasteiger partial charge in [0.25, 0.3) is 0 Å². The van der Waals surface area contributed by atoms with Crippen LogP contribution in [0.5, 0.6) is 0 Å². The Morgan fingerprint density at radius 1 is 1.45 bits per heavy atom. The maximum absolute atomic E-state index is 13.2. The van der Waals surface area contributed by atoms with Crippen LogP contribution in [-0.4, -0.2) is 27.3 Å². The van der Waals surface area contributed by atoms with E-state index in [1.807, 2.05) is 29.8 Å². The SMILES string of the molecule is CN(Cc1ccc(F)cc1C(=N)N)Cc1nccn1C. The standard InChI is InChI=1S/C14H18FN5/c1-19(9-13-18-5-6-20(13)2)8-10-3-4-11(15)7-12(10)14(16)17/h3-7H,8-9H2,1-2H3,(H3,16,17). The van der Waals surface area contributed by atoms with Crippen molar-refractivity contribution in [3.05, 3.63) is 53.4 Å². The molecule has 2 rings (SSSR count). The number of imidazole rings is 1. The largest absolute Gasteiger partial charge is 0.384 e. The first-order valence-corrected chi connectivity index (χ1v) is 6.25. The number of halogens is 1. The summed E-state index contributed by atoms with van der Waals surface area (Å²) < 4.78 is 15.2. The molecule has 0 radical (unpaired) electrons. The van der Waals surface area contributed by atoms with Gasteiger partial charge < -0.3 is 10.3 Å². The fourth-order valence-corrected chi connectivity index (χ4v) is 2.07. The van der Waals surface area contributed by atoms with E-state index in [0.717, 1.165) is 11.4 Å². The first-order valence-electron chi connectivity index (χ1n) is 6.25. The first kappa shape index (κ1) is 14.2. The Morgan fingerprint density at radius 3 is 2.80 bits per heavy atom. The number of nitrogens with one attached hydrogen (secondary N) is 1. The van der Waals surface area contributed by atoms with Gasteiger partial charge in [0, 0.05) is 31.5 Å². The van der Waals surface area contributed by atoms with E-state index in [9.17, 15) is 4.39 Å². The molecule has 1 aromatic heterocycles. The third kappa shape index (κ3) is 3.21. The van der Waals surface area contributed by atoms with Gasteiger partial charge in [-0.1, -0.05) is 6.07 Å². The highest BCUT2D eigenvalue weighted by Gasteiger charge is 2.11. The number of nitrogens with two attached hydrogens (primary N) is 1. The molecule has 0 spiro atoms. The van der Waals surface area contributed by atoms with Gasteiger partial charge in [-0.3, -0.25) is 10.3 Å². The maximum atomic E-state index is 13.2. The first-order chi connectivity index (χ1) is 9.47. The summed E-state index contributed by atoms with van der Waals surface area (Å²) in [6.45, 7) is 1.24. The smallest absolute Gasteiger partial charge is 0.123 e. The number of amidine groups is 1. The lowest BCUT2D eigenvalue weighted by Crippen LogP contribution is -2.22. The molecule has 0 saturated carbocycles. The molecule has 0 amide bonds. The lowest BCUT2D eigenvalue weighted by Gasteiger charge is -2.18. The number of hydrogen-bond acceptors (Lipinski definition) is 3. The molecule has 0 aliphatic carbocycles. The van der Waals surface area contributed by atoms with Gasteiger partial charge in [0.2, 0.25) is 0 Å². The topological polar surface area (TPSA) is 70.9 Å². The minimum absolute atomic E-state index is 0.120. The molecule has 0 fully saturated rings. The summed E-state index contributed by atoms with van der Waals surface area (Å²) in [4.78, 5) is 6.31. The highest BCUT2D eigenvalue weighted by Crippen LogP contribution is 2.14. The van der Waals surface area contributed by atoms with Gasteiger partial charge >= 0.3 is 0 Å². The van der Waals surface area contributed by atoms with E-state index in [-0.39, 0.29) is 11.7 Å². The molecule has 6 heteroatoms. The molecule has 0 saturated heterocycles. The summed E-state index contributed by atoms with van der Waals surface area (Å²) in [5.74, 6) is 0.439. The molecular formula is C14H18FN5.